The number of hydrogen-bond acceptors (Lipinski definition) is 0. The van der Waals surface area contributed by atoms with E-state index in [0.717, 1.165) is 0 Å². The molecular weight excluding hydrogens is 361 g/mol. The molecule has 0 fully saturated rings. The Balaban J connectivity index is 2.67. The summed E-state index contributed by atoms with van der Waals surface area (Å²) in [4.78, 5) is 0. The molecule has 0 aliphatic carbocycles. The first-order valence-electron chi connectivity index (χ1n) is 9.64. The van der Waals surface area contributed by atoms with Crippen molar-refractivity contribution in [3.8, 4) is 0 Å². The van der Waals surface area contributed by atoms with Crippen LogP contribution in [0.2, 0.25) is 0 Å². The summed E-state index contributed by atoms with van der Waals surface area (Å²) >= 11 is -0.337. The summed E-state index contributed by atoms with van der Waals surface area (Å²) in [6, 6.07) is 9.72. The van der Waals surface area contributed by atoms with Crippen LogP contribution in [0.25, 0.3) is 0 Å². The van der Waals surface area contributed by atoms with Crippen molar-refractivity contribution in [3.05, 3.63) is 57.6 Å². The number of aryl methyl sites for hydroxylation is 3. The minimum atomic E-state index is -0.337. The zero-order chi connectivity index (χ0) is 18.9. The van der Waals surface area contributed by atoms with Crippen LogP contribution in [-0.2, 0) is 0 Å². The van der Waals surface area contributed by atoms with Crippen LogP contribution in [0.15, 0.2) is 24.3 Å². The molecule has 0 amide bonds. The van der Waals surface area contributed by atoms with Crippen molar-refractivity contribution < 1.29 is 0 Å². The summed E-state index contributed by atoms with van der Waals surface area (Å²) in [7, 11) is 0. The quantitative estimate of drug-likeness (QED) is 0.576. The Morgan fingerprint density at radius 2 is 1.04 bits per heavy atom. The van der Waals surface area contributed by atoms with E-state index in [4.69, 9.17) is 0 Å². The van der Waals surface area contributed by atoms with Crippen molar-refractivity contribution in [2.24, 2.45) is 0 Å². The van der Waals surface area contributed by atoms with E-state index in [1.807, 2.05) is 0 Å². The molecule has 0 heterocycles. The third-order valence-corrected chi connectivity index (χ3v) is 8.97. The van der Waals surface area contributed by atoms with Gasteiger partial charge in [0, 0.05) is 0 Å². The Bertz CT molecular complexity index is 699. The minimum absolute atomic E-state index is 0.337. The van der Waals surface area contributed by atoms with Crippen LogP contribution in [0.4, 0.5) is 0 Å². The van der Waals surface area contributed by atoms with Crippen LogP contribution in [-0.4, -0.2) is 15.4 Å². The average molecular weight is 395 g/mol. The summed E-state index contributed by atoms with van der Waals surface area (Å²) < 4.78 is 3.32. The maximum atomic E-state index is 2.50. The predicted octanol–water partition coefficient (Wildman–Crippen LogP) is 5.64. The van der Waals surface area contributed by atoms with Gasteiger partial charge in [-0.1, -0.05) is 0 Å². The molecule has 2 radical (unpaired) electrons. The second-order valence-corrected chi connectivity index (χ2v) is 11.1. The Labute approximate surface area is 161 Å². The SMILES string of the molecule is Cc1cc(C)[c]([Ge][c]2c(C(C)C)cc(C(C)C)cc2C(C)C)c(C)c1. The molecular formula is C24H34Ge. The van der Waals surface area contributed by atoms with Gasteiger partial charge in [0.2, 0.25) is 0 Å². The van der Waals surface area contributed by atoms with Gasteiger partial charge < -0.3 is 0 Å². The fraction of sp³-hybridized carbons (Fsp3) is 0.500. The van der Waals surface area contributed by atoms with Crippen molar-refractivity contribution in [1.82, 2.24) is 0 Å². The van der Waals surface area contributed by atoms with Crippen LogP contribution >= 0.6 is 0 Å². The normalized spacial score (nSPS) is 11.8. The molecule has 2 aromatic rings. The molecule has 0 N–H and O–H groups in total. The zero-order valence-electron chi connectivity index (χ0n) is 17.5. The average Bonchev–Trinajstić information content (AvgIpc) is 2.49. The van der Waals surface area contributed by atoms with E-state index in [2.05, 4.69) is 86.6 Å². The first-order valence-corrected chi connectivity index (χ1v) is 11.7. The van der Waals surface area contributed by atoms with Gasteiger partial charge in [0.25, 0.3) is 0 Å². The number of benzene rings is 2. The van der Waals surface area contributed by atoms with Crippen molar-refractivity contribution in [2.75, 3.05) is 0 Å². The van der Waals surface area contributed by atoms with E-state index in [1.165, 1.54) is 22.3 Å². The molecule has 0 aliphatic rings. The fourth-order valence-corrected chi connectivity index (χ4v) is 7.38. The molecule has 0 aromatic heterocycles. The van der Waals surface area contributed by atoms with Gasteiger partial charge in [-0.2, -0.15) is 0 Å². The molecule has 0 saturated carbocycles. The second-order valence-electron chi connectivity index (χ2n) is 8.44. The van der Waals surface area contributed by atoms with E-state index in [1.54, 1.807) is 19.9 Å². The van der Waals surface area contributed by atoms with Crippen LogP contribution in [0.5, 0.6) is 0 Å². The first kappa shape index (κ1) is 20.3. The molecule has 0 bridgehead atoms. The van der Waals surface area contributed by atoms with Gasteiger partial charge in [-0.3, -0.25) is 0 Å². The van der Waals surface area contributed by atoms with E-state index >= 15 is 0 Å². The Kier molecular flexibility index (Phi) is 6.59. The Morgan fingerprint density at radius 1 is 0.600 bits per heavy atom. The molecule has 0 saturated heterocycles. The van der Waals surface area contributed by atoms with Gasteiger partial charge in [0.05, 0.1) is 0 Å². The van der Waals surface area contributed by atoms with E-state index < -0.39 is 0 Å². The Morgan fingerprint density at radius 3 is 1.40 bits per heavy atom. The predicted molar refractivity (Wildman–Crippen MR) is 114 cm³/mol. The van der Waals surface area contributed by atoms with Gasteiger partial charge in [0.15, 0.2) is 0 Å². The van der Waals surface area contributed by atoms with E-state index in [-0.39, 0.29) is 15.4 Å². The van der Waals surface area contributed by atoms with E-state index in [9.17, 15) is 0 Å². The summed E-state index contributed by atoms with van der Waals surface area (Å²) in [6.45, 7) is 20.9. The van der Waals surface area contributed by atoms with Gasteiger partial charge in [-0.15, -0.1) is 0 Å². The third kappa shape index (κ3) is 4.58. The molecule has 0 spiro atoms. The standard InChI is InChI=1S/C24H34Ge/c1-14(2)20-12-21(15(3)4)24(22(13-20)16(5)6)25-23-18(8)10-17(7)11-19(23)9/h10-16H,1-9H3. The molecule has 0 nitrogen and oxygen atoms in total. The molecule has 1 heteroatoms. The van der Waals surface area contributed by atoms with Crippen LogP contribution in [0.1, 0.15) is 92.7 Å². The molecule has 0 atom stereocenters. The fourth-order valence-electron chi connectivity index (χ4n) is 3.60. The van der Waals surface area contributed by atoms with Crippen molar-refractivity contribution >= 4 is 24.2 Å². The topological polar surface area (TPSA) is 0 Å². The zero-order valence-corrected chi connectivity index (χ0v) is 19.6. The summed E-state index contributed by atoms with van der Waals surface area (Å²) in [5.74, 6) is 1.76. The molecule has 134 valence electrons. The molecule has 2 aromatic carbocycles. The van der Waals surface area contributed by atoms with Gasteiger partial charge in [-0.05, 0) is 0 Å². The summed E-state index contributed by atoms with van der Waals surface area (Å²) in [5.41, 5.74) is 9.03. The van der Waals surface area contributed by atoms with Crippen LogP contribution < -0.4 is 8.79 Å². The van der Waals surface area contributed by atoms with E-state index in [0.29, 0.717) is 17.8 Å². The molecule has 25 heavy (non-hydrogen) atoms. The first-order chi connectivity index (χ1) is 11.6. The van der Waals surface area contributed by atoms with Crippen LogP contribution in [0, 0.1) is 20.8 Å². The molecule has 0 unspecified atom stereocenters. The summed E-state index contributed by atoms with van der Waals surface area (Å²) in [6.07, 6.45) is 0. The number of rotatable bonds is 5. The van der Waals surface area contributed by atoms with Gasteiger partial charge in [-0.25, -0.2) is 0 Å². The van der Waals surface area contributed by atoms with Crippen LogP contribution in [0.3, 0.4) is 0 Å². The van der Waals surface area contributed by atoms with Crippen molar-refractivity contribution in [2.45, 2.75) is 80.1 Å². The maximum absolute atomic E-state index is 2.50. The molecule has 0 aliphatic heterocycles. The Hall–Kier alpha value is -1.02. The van der Waals surface area contributed by atoms with Crippen molar-refractivity contribution in [1.29, 1.82) is 0 Å². The third-order valence-electron chi connectivity index (χ3n) is 5.06. The van der Waals surface area contributed by atoms with Crippen molar-refractivity contribution in [3.63, 3.8) is 0 Å². The molecule has 2 rings (SSSR count). The van der Waals surface area contributed by atoms with Gasteiger partial charge in [0.1, 0.15) is 0 Å². The van der Waals surface area contributed by atoms with Gasteiger partial charge >= 0.3 is 162 Å². The number of hydrogen-bond donors (Lipinski definition) is 0. The summed E-state index contributed by atoms with van der Waals surface area (Å²) in [5, 5.41) is 0. The second kappa shape index (κ2) is 8.12. The monoisotopic (exact) mass is 396 g/mol.